The lowest BCUT2D eigenvalue weighted by Gasteiger charge is -2.26. The maximum atomic E-state index is 13.8. The molecule has 2 amide bonds. The molecule has 15 heteroatoms. The van der Waals surface area contributed by atoms with E-state index in [4.69, 9.17) is 16.3 Å². The van der Waals surface area contributed by atoms with E-state index >= 15 is 0 Å². The number of ether oxygens (including phenoxy) is 1. The molecule has 0 radical (unpaired) electrons. The van der Waals surface area contributed by atoms with Crippen LogP contribution in [0.5, 0.6) is 0 Å². The van der Waals surface area contributed by atoms with Gasteiger partial charge in [-0.2, -0.15) is 0 Å². The maximum absolute atomic E-state index is 13.8. The summed E-state index contributed by atoms with van der Waals surface area (Å²) in [5, 5.41) is 23.7. The molecule has 0 unspecified atom stereocenters. The number of halogens is 1. The molecule has 0 bridgehead atoms. The fraction of sp³-hybridized carbons (Fsp3) is 0.394. The summed E-state index contributed by atoms with van der Waals surface area (Å²) in [7, 11) is -3.89. The number of esters is 1. The smallest absolute Gasteiger partial charge is 0.306 e. The van der Waals surface area contributed by atoms with E-state index in [0.717, 1.165) is 12.3 Å². The lowest BCUT2D eigenvalue weighted by Crippen LogP contribution is -2.44. The van der Waals surface area contributed by atoms with Gasteiger partial charge in [-0.1, -0.05) is 86.1 Å². The van der Waals surface area contributed by atoms with E-state index in [1.165, 1.54) is 0 Å². The summed E-state index contributed by atoms with van der Waals surface area (Å²) >= 11 is 5.81. The zero-order valence-corrected chi connectivity index (χ0v) is 28.2. The van der Waals surface area contributed by atoms with E-state index in [-0.39, 0.29) is 6.61 Å². The second-order valence-electron chi connectivity index (χ2n) is 11.5. The quantitative estimate of drug-likeness (QED) is 0.156. The Balaban J connectivity index is 2.29. The van der Waals surface area contributed by atoms with Gasteiger partial charge in [0, 0.05) is 18.6 Å². The number of benzene rings is 2. The van der Waals surface area contributed by atoms with Crippen molar-refractivity contribution in [1.82, 2.24) is 10.6 Å². The van der Waals surface area contributed by atoms with Crippen molar-refractivity contribution >= 4 is 56.9 Å². The third-order valence-electron chi connectivity index (χ3n) is 7.16. The van der Waals surface area contributed by atoms with Gasteiger partial charge in [-0.25, -0.2) is 8.42 Å². The first kappa shape index (κ1) is 39.6. The minimum atomic E-state index is -3.89. The minimum absolute atomic E-state index is 0.0888. The molecular weight excluding hydrogens is 668 g/mol. The van der Waals surface area contributed by atoms with Crippen molar-refractivity contribution in [2.45, 2.75) is 58.2 Å². The first-order chi connectivity index (χ1) is 22.5. The number of Topliss-reactive ketones (excluding diaryl/α,β-unsaturated/α-hetero) is 1. The van der Waals surface area contributed by atoms with E-state index in [2.05, 4.69) is 10.6 Å². The van der Waals surface area contributed by atoms with Crippen LogP contribution >= 0.6 is 11.6 Å². The molecule has 4 N–H and O–H groups in total. The highest BCUT2D eigenvalue weighted by Gasteiger charge is 2.34. The summed E-state index contributed by atoms with van der Waals surface area (Å²) in [5.41, 5.74) is 1.01. The maximum Gasteiger partial charge on any atom is 0.306 e. The molecule has 0 saturated heterocycles. The molecular formula is C33H39ClN2O11S. The van der Waals surface area contributed by atoms with Gasteiger partial charge in [-0.05, 0) is 23.1 Å². The number of carbonyl (C=O) groups excluding carboxylic acids is 4. The number of aliphatic carboxylic acids is 2. The van der Waals surface area contributed by atoms with Crippen LogP contribution in [-0.4, -0.2) is 66.4 Å². The third-order valence-corrected chi connectivity index (χ3v) is 8.97. The summed E-state index contributed by atoms with van der Waals surface area (Å²) in [6.07, 6.45) is -0.747. The number of carbonyl (C=O) groups is 6. The molecule has 0 fully saturated rings. The molecule has 4 atom stereocenters. The number of amides is 2. The molecule has 0 spiro atoms. The van der Waals surface area contributed by atoms with Crippen molar-refractivity contribution in [2.24, 2.45) is 17.8 Å². The summed E-state index contributed by atoms with van der Waals surface area (Å²) < 4.78 is 28.1. The fourth-order valence-electron chi connectivity index (χ4n) is 4.60. The van der Waals surface area contributed by atoms with Crippen LogP contribution < -0.4 is 10.6 Å². The van der Waals surface area contributed by atoms with Gasteiger partial charge in [0.25, 0.3) is 0 Å². The molecule has 13 nitrogen and oxygen atoms in total. The molecule has 0 aliphatic carbocycles. The van der Waals surface area contributed by atoms with Crippen LogP contribution in [-0.2, 0) is 49.9 Å². The summed E-state index contributed by atoms with van der Waals surface area (Å²) in [6.45, 7) is 3.20. The van der Waals surface area contributed by atoms with Crippen molar-refractivity contribution in [1.29, 1.82) is 0 Å². The molecule has 0 aliphatic heterocycles. The van der Waals surface area contributed by atoms with Crippen molar-refractivity contribution < 1.29 is 52.1 Å². The van der Waals surface area contributed by atoms with Gasteiger partial charge in [0.1, 0.15) is 17.0 Å². The monoisotopic (exact) mass is 706 g/mol. The number of rotatable bonds is 19. The van der Waals surface area contributed by atoms with Crippen LogP contribution in [0.1, 0.15) is 56.7 Å². The lowest BCUT2D eigenvalue weighted by atomic mass is 9.86. The summed E-state index contributed by atoms with van der Waals surface area (Å²) in [4.78, 5) is 76.2. The Labute approximate surface area is 283 Å². The zero-order valence-electron chi connectivity index (χ0n) is 26.6. The van der Waals surface area contributed by atoms with Crippen LogP contribution in [0, 0.1) is 17.8 Å². The van der Waals surface area contributed by atoms with Crippen molar-refractivity contribution in [3.63, 3.8) is 0 Å². The molecule has 0 heterocycles. The average molecular weight is 707 g/mol. The van der Waals surface area contributed by atoms with Crippen LogP contribution in [0.25, 0.3) is 0 Å². The molecule has 0 aliphatic rings. The first-order valence-electron chi connectivity index (χ1n) is 14.9. The summed E-state index contributed by atoms with van der Waals surface area (Å²) in [6, 6.07) is 14.0. The van der Waals surface area contributed by atoms with E-state index in [1.807, 2.05) is 0 Å². The predicted octanol–water partition coefficient (Wildman–Crippen LogP) is 3.38. The van der Waals surface area contributed by atoms with Crippen molar-refractivity contribution in [3.05, 3.63) is 82.2 Å². The number of hydrogen-bond donors (Lipinski definition) is 4. The second-order valence-corrected chi connectivity index (χ2v) is 14.1. The number of carboxylic acid groups (broad SMARTS) is 2. The van der Waals surface area contributed by atoms with E-state index in [1.54, 1.807) is 74.5 Å². The Kier molecular flexibility index (Phi) is 15.4. The standard InChI is InChI=1S/C33H39ClN2O11S/c1-20(2)25(33(44)35-24(17-29(40)41)16-27(34)48(3,45)46)18-26(37)31(22-12-8-5-9-13-22)36-32(43)23(14-28(38)39)15-30(42)47-19-21-10-6-4-7-11-21/h4-13,16,20,23-25,31H,14-15,17-19H2,1-3H3,(H,35,44)(H,36,43)(H,38,39)(H,40,41)/b27-16+/t23-,24-,25+,31+/m1/s1. The highest BCUT2D eigenvalue weighted by molar-refractivity contribution is 7.96. The fourth-order valence-corrected chi connectivity index (χ4v) is 5.16. The molecule has 0 saturated carbocycles. The molecule has 2 aromatic rings. The Morgan fingerprint density at radius 1 is 0.812 bits per heavy atom. The Hall–Kier alpha value is -4.56. The van der Waals surface area contributed by atoms with E-state index in [9.17, 15) is 47.4 Å². The van der Waals surface area contributed by atoms with Gasteiger partial charge in [0.15, 0.2) is 15.6 Å². The van der Waals surface area contributed by atoms with Crippen LogP contribution in [0.2, 0.25) is 0 Å². The first-order valence-corrected chi connectivity index (χ1v) is 17.1. The number of ketones is 1. The average Bonchev–Trinajstić information content (AvgIpc) is 3.00. The van der Waals surface area contributed by atoms with Crippen molar-refractivity contribution in [3.8, 4) is 0 Å². The van der Waals surface area contributed by atoms with E-state index in [0.29, 0.717) is 11.1 Å². The highest BCUT2D eigenvalue weighted by Crippen LogP contribution is 2.25. The molecule has 0 aromatic heterocycles. The zero-order chi connectivity index (χ0) is 36.0. The lowest BCUT2D eigenvalue weighted by molar-refractivity contribution is -0.150. The van der Waals surface area contributed by atoms with Gasteiger partial charge in [0.05, 0.1) is 31.2 Å². The van der Waals surface area contributed by atoms with Gasteiger partial charge >= 0.3 is 17.9 Å². The molecule has 2 rings (SSSR count). The van der Waals surface area contributed by atoms with Gasteiger partial charge in [-0.3, -0.25) is 28.8 Å². The number of nitrogens with one attached hydrogen (secondary N) is 2. The van der Waals surface area contributed by atoms with Crippen LogP contribution in [0.15, 0.2) is 71.1 Å². The van der Waals surface area contributed by atoms with Crippen LogP contribution in [0.4, 0.5) is 0 Å². The van der Waals surface area contributed by atoms with Gasteiger partial charge < -0.3 is 25.6 Å². The van der Waals surface area contributed by atoms with Crippen LogP contribution in [0.3, 0.4) is 0 Å². The Morgan fingerprint density at radius 3 is 1.90 bits per heavy atom. The van der Waals surface area contributed by atoms with Gasteiger partial charge in [-0.15, -0.1) is 0 Å². The number of carboxylic acids is 2. The molecule has 48 heavy (non-hydrogen) atoms. The minimum Gasteiger partial charge on any atom is -0.481 e. The predicted molar refractivity (Wildman–Crippen MR) is 175 cm³/mol. The summed E-state index contributed by atoms with van der Waals surface area (Å²) in [5.74, 6) is -8.76. The second kappa shape index (κ2) is 18.7. The molecule has 2 aromatic carbocycles. The van der Waals surface area contributed by atoms with Gasteiger partial charge in [0.2, 0.25) is 11.8 Å². The Morgan fingerprint density at radius 2 is 1.38 bits per heavy atom. The van der Waals surface area contributed by atoms with E-state index < -0.39 is 105 Å². The topological polar surface area (TPSA) is 210 Å². The highest BCUT2D eigenvalue weighted by atomic mass is 35.5. The SMILES string of the molecule is CC(C)[C@H](CC(=O)[C@@H](NC(=O)[C@H](CC(=O)O)CC(=O)OCc1ccccc1)c1ccccc1)C(=O)N[C@H](/C=C(\Cl)S(C)(=O)=O)CC(=O)O. The number of sulfone groups is 1. The molecule has 260 valence electrons. The largest absolute Gasteiger partial charge is 0.481 e. The third kappa shape index (κ3) is 13.7. The normalized spacial score (nSPS) is 14.2. The number of hydrogen-bond acceptors (Lipinski definition) is 9. The Bertz CT molecular complexity index is 1600. The van der Waals surface area contributed by atoms with Crippen molar-refractivity contribution in [2.75, 3.05) is 6.26 Å².